The number of carbonyl (C=O) groups excluding carboxylic acids is 1. The normalized spacial score (nSPS) is 14.1. The molecule has 1 N–H and O–H groups in total. The van der Waals surface area contributed by atoms with Gasteiger partial charge in [-0.2, -0.15) is 0 Å². The second-order valence-corrected chi connectivity index (χ2v) is 5.25. The van der Waals surface area contributed by atoms with Gasteiger partial charge in [0, 0.05) is 32.4 Å². The van der Waals surface area contributed by atoms with Gasteiger partial charge < -0.3 is 14.8 Å². The molecule has 3 rings (SSSR count). The Hall–Kier alpha value is -2.70. The molecular formula is C15H17N5O2. The summed E-state index contributed by atoms with van der Waals surface area (Å²) in [5.41, 5.74) is -0.250. The van der Waals surface area contributed by atoms with Crippen LogP contribution in [-0.2, 0) is 7.05 Å². The number of nitrogens with zero attached hydrogens (tertiary/aromatic N) is 4. The summed E-state index contributed by atoms with van der Waals surface area (Å²) >= 11 is 0. The molecule has 1 saturated heterocycles. The minimum atomic E-state index is -0.465. The molecule has 0 spiro atoms. The number of rotatable bonds is 3. The van der Waals surface area contributed by atoms with E-state index < -0.39 is 5.91 Å². The van der Waals surface area contributed by atoms with Crippen molar-refractivity contribution in [1.82, 2.24) is 14.5 Å². The summed E-state index contributed by atoms with van der Waals surface area (Å²) in [7, 11) is 1.61. The highest BCUT2D eigenvalue weighted by Crippen LogP contribution is 2.19. The van der Waals surface area contributed by atoms with E-state index in [2.05, 4.69) is 20.2 Å². The zero-order chi connectivity index (χ0) is 15.5. The topological polar surface area (TPSA) is 80.1 Å². The Kier molecular flexibility index (Phi) is 3.86. The molecule has 0 bridgehead atoms. The van der Waals surface area contributed by atoms with Crippen LogP contribution in [0.15, 0.2) is 35.5 Å². The summed E-state index contributed by atoms with van der Waals surface area (Å²) < 4.78 is 1.37. The number of aromatic nitrogens is 3. The van der Waals surface area contributed by atoms with Crippen molar-refractivity contribution in [3.63, 3.8) is 0 Å². The summed E-state index contributed by atoms with van der Waals surface area (Å²) in [5, 5.41) is 2.66. The fourth-order valence-electron chi connectivity index (χ4n) is 2.49. The van der Waals surface area contributed by atoms with Crippen molar-refractivity contribution in [2.45, 2.75) is 12.8 Å². The van der Waals surface area contributed by atoms with E-state index in [1.807, 2.05) is 0 Å². The Bertz CT molecular complexity index is 750. The third-order valence-corrected chi connectivity index (χ3v) is 3.69. The zero-order valence-electron chi connectivity index (χ0n) is 12.3. The second kappa shape index (κ2) is 5.97. The number of anilines is 2. The summed E-state index contributed by atoms with van der Waals surface area (Å²) in [6.45, 7) is 1.92. The van der Waals surface area contributed by atoms with Crippen molar-refractivity contribution in [3.05, 3.63) is 46.6 Å². The van der Waals surface area contributed by atoms with Crippen LogP contribution in [0.25, 0.3) is 0 Å². The van der Waals surface area contributed by atoms with Crippen LogP contribution < -0.4 is 15.8 Å². The Balaban J connectivity index is 1.80. The summed E-state index contributed by atoms with van der Waals surface area (Å²) in [4.78, 5) is 34.6. The largest absolute Gasteiger partial charge is 0.356 e. The molecule has 7 heteroatoms. The Morgan fingerprint density at radius 2 is 2.05 bits per heavy atom. The third-order valence-electron chi connectivity index (χ3n) is 3.69. The number of pyridine rings is 1. The minimum absolute atomic E-state index is 0.0892. The summed E-state index contributed by atoms with van der Waals surface area (Å²) in [5.74, 6) is 0.726. The molecule has 0 atom stereocenters. The maximum Gasteiger partial charge on any atom is 0.263 e. The van der Waals surface area contributed by atoms with Gasteiger partial charge >= 0.3 is 0 Å². The van der Waals surface area contributed by atoms with Gasteiger partial charge in [0.05, 0.1) is 0 Å². The first-order valence-corrected chi connectivity index (χ1v) is 7.19. The highest BCUT2D eigenvalue weighted by molar-refractivity contribution is 6.03. The van der Waals surface area contributed by atoms with E-state index in [4.69, 9.17) is 0 Å². The molecule has 7 nitrogen and oxygen atoms in total. The van der Waals surface area contributed by atoms with Crippen molar-refractivity contribution in [3.8, 4) is 0 Å². The van der Waals surface area contributed by atoms with Crippen LogP contribution in [0.3, 0.4) is 0 Å². The van der Waals surface area contributed by atoms with Gasteiger partial charge in [-0.3, -0.25) is 9.59 Å². The molecule has 0 unspecified atom stereocenters. The molecule has 1 fully saturated rings. The predicted molar refractivity (Wildman–Crippen MR) is 83.1 cm³/mol. The molecule has 0 radical (unpaired) electrons. The third kappa shape index (κ3) is 2.83. The van der Waals surface area contributed by atoms with E-state index in [0.717, 1.165) is 31.7 Å². The lowest BCUT2D eigenvalue weighted by Crippen LogP contribution is -2.27. The smallest absolute Gasteiger partial charge is 0.263 e. The van der Waals surface area contributed by atoms with E-state index in [9.17, 15) is 9.59 Å². The monoisotopic (exact) mass is 299 g/mol. The second-order valence-electron chi connectivity index (χ2n) is 5.25. The lowest BCUT2D eigenvalue weighted by molar-refractivity contribution is 0.102. The quantitative estimate of drug-likeness (QED) is 0.915. The molecule has 0 saturated carbocycles. The van der Waals surface area contributed by atoms with Gasteiger partial charge in [-0.1, -0.05) is 0 Å². The first kappa shape index (κ1) is 14.2. The molecule has 1 aliphatic heterocycles. The molecule has 3 heterocycles. The summed E-state index contributed by atoms with van der Waals surface area (Å²) in [6.07, 6.45) is 5.32. The molecule has 1 amide bonds. The molecular weight excluding hydrogens is 282 g/mol. The van der Waals surface area contributed by atoms with Gasteiger partial charge in [-0.05, 0) is 25.0 Å². The number of carbonyl (C=O) groups is 1. The van der Waals surface area contributed by atoms with Crippen LogP contribution in [-0.4, -0.2) is 33.5 Å². The van der Waals surface area contributed by atoms with E-state index >= 15 is 0 Å². The maximum absolute atomic E-state index is 12.2. The number of hydrogen-bond acceptors (Lipinski definition) is 5. The van der Waals surface area contributed by atoms with Crippen LogP contribution in [0.2, 0.25) is 0 Å². The molecule has 0 aliphatic carbocycles. The lowest BCUT2D eigenvalue weighted by atomic mass is 10.2. The van der Waals surface area contributed by atoms with E-state index in [-0.39, 0.29) is 11.1 Å². The van der Waals surface area contributed by atoms with Crippen molar-refractivity contribution < 1.29 is 4.79 Å². The van der Waals surface area contributed by atoms with Crippen LogP contribution >= 0.6 is 0 Å². The molecule has 1 aliphatic rings. The average Bonchev–Trinajstić information content (AvgIpc) is 3.04. The van der Waals surface area contributed by atoms with E-state index in [1.165, 1.54) is 17.0 Å². The van der Waals surface area contributed by atoms with Crippen molar-refractivity contribution in [1.29, 1.82) is 0 Å². The number of aryl methyl sites for hydroxylation is 1. The Morgan fingerprint density at radius 3 is 2.82 bits per heavy atom. The van der Waals surface area contributed by atoms with Crippen molar-refractivity contribution in [2.75, 3.05) is 23.3 Å². The molecule has 114 valence electrons. The number of nitrogens with one attached hydrogen (secondary N) is 1. The first-order valence-electron chi connectivity index (χ1n) is 7.19. The van der Waals surface area contributed by atoms with Crippen LogP contribution in [0, 0.1) is 0 Å². The minimum Gasteiger partial charge on any atom is -0.356 e. The Labute approximate surface area is 127 Å². The fourth-order valence-corrected chi connectivity index (χ4v) is 2.49. The number of amides is 1. The molecule has 0 aromatic carbocycles. The molecule has 2 aromatic rings. The van der Waals surface area contributed by atoms with Crippen LogP contribution in [0.1, 0.15) is 23.2 Å². The van der Waals surface area contributed by atoms with Gasteiger partial charge in [0.25, 0.3) is 11.5 Å². The van der Waals surface area contributed by atoms with E-state index in [1.54, 1.807) is 25.4 Å². The number of hydrogen-bond donors (Lipinski definition) is 1. The van der Waals surface area contributed by atoms with Crippen molar-refractivity contribution in [2.24, 2.45) is 7.05 Å². The standard InChI is InChI=1S/C15H17N5O2/c1-19-6-4-5-11(15(19)22)14(21)18-12-9-13(17-10-16-12)20-7-2-3-8-20/h4-6,9-10H,2-3,7-8H2,1H3,(H,16,17,18,21). The van der Waals surface area contributed by atoms with Crippen LogP contribution in [0.5, 0.6) is 0 Å². The first-order chi connectivity index (χ1) is 10.6. The van der Waals surface area contributed by atoms with Crippen molar-refractivity contribution >= 4 is 17.5 Å². The Morgan fingerprint density at radius 1 is 1.27 bits per heavy atom. The fraction of sp³-hybridized carbons (Fsp3) is 0.333. The maximum atomic E-state index is 12.2. The lowest BCUT2D eigenvalue weighted by Gasteiger charge is -2.16. The van der Waals surface area contributed by atoms with Gasteiger partial charge in [0.2, 0.25) is 0 Å². The zero-order valence-corrected chi connectivity index (χ0v) is 12.3. The van der Waals surface area contributed by atoms with Gasteiger partial charge in [0.1, 0.15) is 23.5 Å². The SMILES string of the molecule is Cn1cccc(C(=O)Nc2cc(N3CCCC3)ncn2)c1=O. The van der Waals surface area contributed by atoms with Gasteiger partial charge in [-0.25, -0.2) is 9.97 Å². The average molecular weight is 299 g/mol. The highest BCUT2D eigenvalue weighted by Gasteiger charge is 2.16. The predicted octanol–water partition coefficient (Wildman–Crippen LogP) is 1.03. The molecule has 2 aromatic heterocycles. The van der Waals surface area contributed by atoms with Crippen LogP contribution in [0.4, 0.5) is 11.6 Å². The van der Waals surface area contributed by atoms with Gasteiger partial charge in [0.15, 0.2) is 0 Å². The van der Waals surface area contributed by atoms with Gasteiger partial charge in [-0.15, -0.1) is 0 Å². The highest BCUT2D eigenvalue weighted by atomic mass is 16.2. The molecule has 22 heavy (non-hydrogen) atoms. The van der Waals surface area contributed by atoms with E-state index in [0.29, 0.717) is 5.82 Å². The summed E-state index contributed by atoms with van der Waals surface area (Å²) in [6, 6.07) is 4.89.